The van der Waals surface area contributed by atoms with Gasteiger partial charge in [-0.25, -0.2) is 12.8 Å². The van der Waals surface area contributed by atoms with Crippen LogP contribution in [0, 0.1) is 12.7 Å². The lowest BCUT2D eigenvalue weighted by atomic mass is 10.1. The standard InChI is InChI=1S/C15H22FNO3S/c1-4-13-6-5-11(3)17(13)21(19,20)14-7-10(2)15(16)12(8-14)9-18/h7-8,11,13,18H,4-6,9H2,1-3H3. The molecule has 0 aromatic heterocycles. The Labute approximate surface area is 125 Å². The Morgan fingerprint density at radius 1 is 1.38 bits per heavy atom. The van der Waals surface area contributed by atoms with Crippen LogP contribution in [-0.4, -0.2) is 29.9 Å². The lowest BCUT2D eigenvalue weighted by molar-refractivity contribution is 0.275. The number of sulfonamides is 1. The zero-order chi connectivity index (χ0) is 15.8. The molecule has 0 aliphatic carbocycles. The molecule has 0 amide bonds. The first kappa shape index (κ1) is 16.4. The molecule has 1 aromatic rings. The number of aliphatic hydroxyl groups is 1. The molecule has 1 heterocycles. The second kappa shape index (κ2) is 6.02. The minimum atomic E-state index is -3.67. The van der Waals surface area contributed by atoms with Crippen molar-refractivity contribution in [1.82, 2.24) is 4.31 Å². The fraction of sp³-hybridized carbons (Fsp3) is 0.600. The van der Waals surface area contributed by atoms with E-state index in [2.05, 4.69) is 0 Å². The fourth-order valence-corrected chi connectivity index (χ4v) is 5.14. The van der Waals surface area contributed by atoms with Gasteiger partial charge >= 0.3 is 0 Å². The SMILES string of the molecule is CCC1CCC(C)N1S(=O)(=O)c1cc(C)c(F)c(CO)c1. The number of hydrogen-bond donors (Lipinski definition) is 1. The number of nitrogens with zero attached hydrogens (tertiary/aromatic N) is 1. The number of aryl methyl sites for hydroxylation is 1. The first-order valence-corrected chi connectivity index (χ1v) is 8.70. The van der Waals surface area contributed by atoms with Crippen molar-refractivity contribution in [3.05, 3.63) is 29.1 Å². The molecule has 1 saturated heterocycles. The second-order valence-corrected chi connectivity index (χ2v) is 7.54. The second-order valence-electron chi connectivity index (χ2n) is 5.69. The van der Waals surface area contributed by atoms with Crippen molar-refractivity contribution in [1.29, 1.82) is 0 Å². The van der Waals surface area contributed by atoms with E-state index in [1.165, 1.54) is 19.1 Å². The Morgan fingerprint density at radius 2 is 2.05 bits per heavy atom. The molecule has 1 aromatic carbocycles. The van der Waals surface area contributed by atoms with E-state index in [1.54, 1.807) is 4.31 Å². The number of hydrogen-bond acceptors (Lipinski definition) is 3. The van der Waals surface area contributed by atoms with E-state index in [-0.39, 0.29) is 28.1 Å². The van der Waals surface area contributed by atoms with Crippen molar-refractivity contribution in [2.45, 2.75) is 63.6 Å². The van der Waals surface area contributed by atoms with Gasteiger partial charge in [-0.15, -0.1) is 0 Å². The highest BCUT2D eigenvalue weighted by Gasteiger charge is 2.39. The van der Waals surface area contributed by atoms with E-state index in [4.69, 9.17) is 0 Å². The summed E-state index contributed by atoms with van der Waals surface area (Å²) in [6, 6.07) is 2.53. The van der Waals surface area contributed by atoms with Crippen molar-refractivity contribution in [2.24, 2.45) is 0 Å². The number of benzene rings is 1. The van der Waals surface area contributed by atoms with Gasteiger partial charge in [-0.3, -0.25) is 0 Å². The molecular formula is C15H22FNO3S. The highest BCUT2D eigenvalue weighted by molar-refractivity contribution is 7.89. The van der Waals surface area contributed by atoms with Gasteiger partial charge in [0.2, 0.25) is 10.0 Å². The Kier molecular flexibility index (Phi) is 4.70. The van der Waals surface area contributed by atoms with Crippen LogP contribution in [0.2, 0.25) is 0 Å². The van der Waals surface area contributed by atoms with E-state index in [1.807, 2.05) is 13.8 Å². The van der Waals surface area contributed by atoms with Gasteiger partial charge < -0.3 is 5.11 Å². The molecule has 0 radical (unpaired) electrons. The predicted molar refractivity (Wildman–Crippen MR) is 78.9 cm³/mol. The Hall–Kier alpha value is -0.980. The first-order valence-electron chi connectivity index (χ1n) is 7.26. The van der Waals surface area contributed by atoms with Crippen LogP contribution in [0.5, 0.6) is 0 Å². The molecule has 0 bridgehead atoms. The van der Waals surface area contributed by atoms with Crippen LogP contribution in [-0.2, 0) is 16.6 Å². The molecule has 2 rings (SSSR count). The Morgan fingerprint density at radius 3 is 2.62 bits per heavy atom. The van der Waals surface area contributed by atoms with Crippen LogP contribution in [0.3, 0.4) is 0 Å². The van der Waals surface area contributed by atoms with Crippen LogP contribution >= 0.6 is 0 Å². The molecule has 1 aliphatic heterocycles. The average Bonchev–Trinajstić information content (AvgIpc) is 2.83. The average molecular weight is 315 g/mol. The third-order valence-electron chi connectivity index (χ3n) is 4.23. The molecule has 4 nitrogen and oxygen atoms in total. The smallest absolute Gasteiger partial charge is 0.243 e. The Bertz CT molecular complexity index is 630. The van der Waals surface area contributed by atoms with Crippen LogP contribution in [0.15, 0.2) is 17.0 Å². The normalized spacial score (nSPS) is 23.7. The number of rotatable bonds is 4. The summed E-state index contributed by atoms with van der Waals surface area (Å²) in [7, 11) is -3.67. The van der Waals surface area contributed by atoms with Gasteiger partial charge in [-0.05, 0) is 50.8 Å². The molecule has 21 heavy (non-hydrogen) atoms. The fourth-order valence-electron chi connectivity index (χ4n) is 3.06. The molecule has 0 spiro atoms. The zero-order valence-electron chi connectivity index (χ0n) is 12.6. The summed E-state index contributed by atoms with van der Waals surface area (Å²) in [5, 5.41) is 9.20. The highest BCUT2D eigenvalue weighted by Crippen LogP contribution is 2.33. The lowest BCUT2D eigenvalue weighted by Gasteiger charge is -2.27. The molecule has 2 unspecified atom stereocenters. The first-order chi connectivity index (χ1) is 9.82. The van der Waals surface area contributed by atoms with Gasteiger partial charge in [0.15, 0.2) is 0 Å². The van der Waals surface area contributed by atoms with Gasteiger partial charge in [-0.1, -0.05) is 6.92 Å². The van der Waals surface area contributed by atoms with E-state index < -0.39 is 22.4 Å². The van der Waals surface area contributed by atoms with Crippen molar-refractivity contribution < 1.29 is 17.9 Å². The molecule has 1 fully saturated rings. The van der Waals surface area contributed by atoms with E-state index in [9.17, 15) is 17.9 Å². The monoisotopic (exact) mass is 315 g/mol. The van der Waals surface area contributed by atoms with Crippen molar-refractivity contribution >= 4 is 10.0 Å². The van der Waals surface area contributed by atoms with Gasteiger partial charge in [-0.2, -0.15) is 4.31 Å². The molecule has 1 N–H and O–H groups in total. The summed E-state index contributed by atoms with van der Waals surface area (Å²) in [6.07, 6.45) is 2.45. The summed E-state index contributed by atoms with van der Waals surface area (Å²) in [6.45, 7) is 4.87. The molecule has 1 aliphatic rings. The topological polar surface area (TPSA) is 57.6 Å². The van der Waals surface area contributed by atoms with Gasteiger partial charge in [0, 0.05) is 17.6 Å². The van der Waals surface area contributed by atoms with Crippen LogP contribution in [0.1, 0.15) is 44.2 Å². The zero-order valence-corrected chi connectivity index (χ0v) is 13.5. The van der Waals surface area contributed by atoms with E-state index in [0.717, 1.165) is 19.3 Å². The third kappa shape index (κ3) is 2.84. The predicted octanol–water partition coefficient (Wildman–Crippen LogP) is 2.58. The lowest BCUT2D eigenvalue weighted by Crippen LogP contribution is -2.39. The molecular weight excluding hydrogens is 293 g/mol. The largest absolute Gasteiger partial charge is 0.392 e. The van der Waals surface area contributed by atoms with E-state index >= 15 is 0 Å². The maximum Gasteiger partial charge on any atom is 0.243 e. The van der Waals surface area contributed by atoms with Crippen LogP contribution in [0.4, 0.5) is 4.39 Å². The number of aliphatic hydroxyl groups excluding tert-OH is 1. The summed E-state index contributed by atoms with van der Waals surface area (Å²) in [5.41, 5.74) is 0.258. The van der Waals surface area contributed by atoms with Crippen molar-refractivity contribution in [2.75, 3.05) is 0 Å². The van der Waals surface area contributed by atoms with Crippen LogP contribution in [0.25, 0.3) is 0 Å². The molecule has 2 atom stereocenters. The summed E-state index contributed by atoms with van der Waals surface area (Å²) >= 11 is 0. The maximum atomic E-state index is 13.8. The molecule has 6 heteroatoms. The molecule has 0 saturated carbocycles. The summed E-state index contributed by atoms with van der Waals surface area (Å²) in [4.78, 5) is 0.0673. The van der Waals surface area contributed by atoms with E-state index in [0.29, 0.717) is 0 Å². The number of halogens is 1. The highest BCUT2D eigenvalue weighted by atomic mass is 32.2. The van der Waals surface area contributed by atoms with Crippen LogP contribution < -0.4 is 0 Å². The van der Waals surface area contributed by atoms with Crippen molar-refractivity contribution in [3.8, 4) is 0 Å². The van der Waals surface area contributed by atoms with Crippen molar-refractivity contribution in [3.63, 3.8) is 0 Å². The minimum Gasteiger partial charge on any atom is -0.392 e. The Balaban J connectivity index is 2.51. The summed E-state index contributed by atoms with van der Waals surface area (Å²) in [5.74, 6) is -0.544. The van der Waals surface area contributed by atoms with Gasteiger partial charge in [0.1, 0.15) is 5.82 Å². The third-order valence-corrected chi connectivity index (χ3v) is 6.28. The minimum absolute atomic E-state index is 0.00654. The van der Waals surface area contributed by atoms with Gasteiger partial charge in [0.05, 0.1) is 11.5 Å². The van der Waals surface area contributed by atoms with Gasteiger partial charge in [0.25, 0.3) is 0 Å². The quantitative estimate of drug-likeness (QED) is 0.929. The maximum absolute atomic E-state index is 13.8. The summed E-state index contributed by atoms with van der Waals surface area (Å²) < 4.78 is 41.1. The molecule has 118 valence electrons.